The van der Waals surface area contributed by atoms with E-state index in [9.17, 15) is 0 Å². The Bertz CT molecular complexity index is 5150. The summed E-state index contributed by atoms with van der Waals surface area (Å²) in [5.74, 6) is 1.70. The molecule has 0 saturated heterocycles. The van der Waals surface area contributed by atoms with Crippen molar-refractivity contribution in [2.24, 2.45) is 0 Å². The Morgan fingerprint density at radius 2 is 0.565 bits per heavy atom. The molecule has 0 saturated carbocycles. The second-order valence-corrected chi connectivity index (χ2v) is 25.8. The molecule has 0 N–H and O–H groups in total. The van der Waals surface area contributed by atoms with Gasteiger partial charge in [0.2, 0.25) is 0 Å². The largest absolute Gasteiger partial charge is 0.309 e. The molecule has 0 fully saturated rings. The van der Waals surface area contributed by atoms with Gasteiger partial charge in [-0.3, -0.25) is 4.98 Å². The van der Waals surface area contributed by atoms with Crippen molar-refractivity contribution in [2.45, 2.75) is 83.1 Å². The van der Waals surface area contributed by atoms with E-state index in [1.165, 1.54) is 111 Å². The highest BCUT2D eigenvalue weighted by atomic mass is 15.1. The van der Waals surface area contributed by atoms with Gasteiger partial charge in [-0.05, 0) is 239 Å². The molecule has 0 spiro atoms. The molecule has 6 nitrogen and oxygen atoms in total. The number of hydrogen-bond donors (Lipinski definition) is 0. The van der Waals surface area contributed by atoms with Crippen LogP contribution in [0.4, 0.5) is 0 Å². The highest BCUT2D eigenvalue weighted by molar-refractivity contribution is 6.15. The summed E-state index contributed by atoms with van der Waals surface area (Å²) in [5, 5.41) is 4.63. The van der Waals surface area contributed by atoms with Gasteiger partial charge in [0.15, 0.2) is 17.5 Å². The number of hydrogen-bond acceptors (Lipinski definition) is 4. The van der Waals surface area contributed by atoms with E-state index in [2.05, 4.69) is 268 Å². The van der Waals surface area contributed by atoms with Crippen molar-refractivity contribution < 1.29 is 0 Å². The fourth-order valence-electron chi connectivity index (χ4n) is 15.6. The maximum atomic E-state index is 5.64. The molecule has 15 aromatic rings. The minimum atomic E-state index is 0.538. The standard InChI is InChI=1S/C86H72N6/c1-49-37-53(5)78(54(6)38-49)63-28-32-72-68(45-63)69-46-64(79-55(7)39-50(2)40-56(79)8)29-33-73(69)91(72)76-26-19-25-67(86-89-84(61-21-15-13-16-22-61)88-85(90-86)62-23-17-14-18-24-62)82(76)83-77(27-20-36-87-83)92-74-34-30-65(80-57(9)41-51(3)42-58(80)10)47-70(74)71-48-66(31-35-75(71)92)81-59(11)43-52(4)44-60(81)12/h13-48H,1-12H3. The van der Waals surface area contributed by atoms with Crippen molar-refractivity contribution in [3.05, 3.63) is 285 Å². The first-order chi connectivity index (χ1) is 44.5. The third-order valence-corrected chi connectivity index (χ3v) is 18.9. The fraction of sp³-hybridized carbons (Fsp3) is 0.140. The number of benzene rings is 11. The minimum absolute atomic E-state index is 0.538. The second kappa shape index (κ2) is 22.6. The zero-order chi connectivity index (χ0) is 63.4. The highest BCUT2D eigenvalue weighted by Gasteiger charge is 2.28. The smallest absolute Gasteiger partial charge is 0.164 e. The number of aryl methyl sites for hydroxylation is 12. The van der Waals surface area contributed by atoms with Gasteiger partial charge < -0.3 is 9.13 Å². The lowest BCUT2D eigenvalue weighted by Gasteiger charge is -2.21. The Morgan fingerprint density at radius 1 is 0.250 bits per heavy atom. The van der Waals surface area contributed by atoms with Crippen LogP contribution in [0.15, 0.2) is 219 Å². The topological polar surface area (TPSA) is 61.4 Å². The number of nitrogens with zero attached hydrogens (tertiary/aromatic N) is 6. The summed E-state index contributed by atoms with van der Waals surface area (Å²) < 4.78 is 4.92. The van der Waals surface area contributed by atoms with Crippen LogP contribution in [0.25, 0.3) is 145 Å². The van der Waals surface area contributed by atoms with Crippen LogP contribution in [-0.4, -0.2) is 29.1 Å². The van der Waals surface area contributed by atoms with Crippen molar-refractivity contribution in [3.63, 3.8) is 0 Å². The van der Waals surface area contributed by atoms with Gasteiger partial charge in [-0.1, -0.05) is 168 Å². The molecule has 0 radical (unpaired) electrons. The maximum Gasteiger partial charge on any atom is 0.164 e. The van der Waals surface area contributed by atoms with Gasteiger partial charge in [-0.25, -0.2) is 15.0 Å². The van der Waals surface area contributed by atoms with E-state index in [4.69, 9.17) is 19.9 Å². The van der Waals surface area contributed by atoms with Gasteiger partial charge in [-0.2, -0.15) is 0 Å². The summed E-state index contributed by atoms with van der Waals surface area (Å²) in [6.07, 6.45) is 1.94. The normalized spacial score (nSPS) is 11.7. The maximum absolute atomic E-state index is 5.64. The van der Waals surface area contributed by atoms with Gasteiger partial charge in [0.25, 0.3) is 0 Å². The van der Waals surface area contributed by atoms with Crippen LogP contribution in [0, 0.1) is 83.1 Å². The minimum Gasteiger partial charge on any atom is -0.309 e. The first-order valence-electron chi connectivity index (χ1n) is 32.0. The van der Waals surface area contributed by atoms with E-state index < -0.39 is 0 Å². The lowest BCUT2D eigenvalue weighted by atomic mass is 9.91. The van der Waals surface area contributed by atoms with Crippen LogP contribution in [0.3, 0.4) is 0 Å². The number of rotatable bonds is 10. The van der Waals surface area contributed by atoms with Gasteiger partial charge >= 0.3 is 0 Å². The summed E-state index contributed by atoms with van der Waals surface area (Å²) in [6.45, 7) is 26.7. The van der Waals surface area contributed by atoms with Crippen molar-refractivity contribution in [3.8, 4) is 101 Å². The molecule has 0 atom stereocenters. The number of aromatic nitrogens is 6. The van der Waals surface area contributed by atoms with Crippen molar-refractivity contribution in [1.29, 1.82) is 0 Å². The molecule has 0 aliphatic carbocycles. The van der Waals surface area contributed by atoms with Crippen LogP contribution in [0.5, 0.6) is 0 Å². The Kier molecular flexibility index (Phi) is 14.1. The number of pyridine rings is 1. The van der Waals surface area contributed by atoms with E-state index in [1.807, 2.05) is 42.6 Å². The van der Waals surface area contributed by atoms with E-state index in [0.29, 0.717) is 17.5 Å². The molecule has 92 heavy (non-hydrogen) atoms. The zero-order valence-corrected chi connectivity index (χ0v) is 54.5. The summed E-state index contributed by atoms with van der Waals surface area (Å²) in [7, 11) is 0. The highest BCUT2D eigenvalue weighted by Crippen LogP contribution is 2.47. The van der Waals surface area contributed by atoms with Crippen LogP contribution in [-0.2, 0) is 0 Å². The van der Waals surface area contributed by atoms with Crippen LogP contribution >= 0.6 is 0 Å². The third-order valence-electron chi connectivity index (χ3n) is 18.9. The zero-order valence-electron chi connectivity index (χ0n) is 54.5. The average molecular weight is 1190 g/mol. The molecule has 4 aromatic heterocycles. The monoisotopic (exact) mass is 1190 g/mol. The Morgan fingerprint density at radius 3 is 0.913 bits per heavy atom. The summed E-state index contributed by atoms with van der Waals surface area (Å²) in [5.41, 5.74) is 35.4. The van der Waals surface area contributed by atoms with Crippen LogP contribution < -0.4 is 0 Å². The van der Waals surface area contributed by atoms with Crippen molar-refractivity contribution in [1.82, 2.24) is 29.1 Å². The van der Waals surface area contributed by atoms with E-state index in [-0.39, 0.29) is 0 Å². The first-order valence-corrected chi connectivity index (χ1v) is 32.0. The van der Waals surface area contributed by atoms with E-state index >= 15 is 0 Å². The summed E-state index contributed by atoms with van der Waals surface area (Å²) in [4.78, 5) is 21.9. The molecule has 0 aliphatic heterocycles. The molecule has 4 heterocycles. The Hall–Kier alpha value is -10.8. The third kappa shape index (κ3) is 9.80. The molecule has 15 rings (SSSR count). The molecule has 6 heteroatoms. The molecule has 0 amide bonds. The molecule has 0 bridgehead atoms. The van der Waals surface area contributed by atoms with Crippen LogP contribution in [0.1, 0.15) is 66.8 Å². The predicted molar refractivity (Wildman–Crippen MR) is 387 cm³/mol. The van der Waals surface area contributed by atoms with Gasteiger partial charge in [0, 0.05) is 50.0 Å². The second-order valence-electron chi connectivity index (χ2n) is 25.8. The lowest BCUT2D eigenvalue weighted by molar-refractivity contribution is 1.07. The fourth-order valence-corrected chi connectivity index (χ4v) is 15.6. The quantitative estimate of drug-likeness (QED) is 0.137. The molecule has 0 unspecified atom stereocenters. The average Bonchev–Trinajstić information content (AvgIpc) is 1.54. The summed E-state index contributed by atoms with van der Waals surface area (Å²) in [6, 6.07) is 78.2. The first kappa shape index (κ1) is 57.6. The molecule has 11 aromatic carbocycles. The Balaban J connectivity index is 1.06. The SMILES string of the molecule is Cc1cc(C)c(-c2ccc3c(c2)c2cc(-c4c(C)cc(C)cc4C)ccc2n3-c2cccnc2-c2c(-c3nc(-c4ccccc4)nc(-c4ccccc4)n3)cccc2-n2c3ccc(-c4c(C)cc(C)cc4C)cc3c3cc(-c4c(C)cc(C)cc4C)ccc32)c(C)c1. The van der Waals surface area contributed by atoms with E-state index in [0.717, 1.165) is 82.9 Å². The van der Waals surface area contributed by atoms with Crippen molar-refractivity contribution >= 4 is 43.6 Å². The molecule has 0 aliphatic rings. The van der Waals surface area contributed by atoms with E-state index in [1.54, 1.807) is 0 Å². The van der Waals surface area contributed by atoms with Crippen LogP contribution in [0.2, 0.25) is 0 Å². The molecular formula is C86H72N6. The Labute approximate surface area is 539 Å². The number of fused-ring (bicyclic) bond motifs is 6. The van der Waals surface area contributed by atoms with Gasteiger partial charge in [0.05, 0.1) is 39.1 Å². The molecular weight excluding hydrogens is 1120 g/mol. The lowest BCUT2D eigenvalue weighted by Crippen LogP contribution is -2.06. The summed E-state index contributed by atoms with van der Waals surface area (Å²) >= 11 is 0. The van der Waals surface area contributed by atoms with Gasteiger partial charge in [0.1, 0.15) is 0 Å². The van der Waals surface area contributed by atoms with Crippen molar-refractivity contribution in [2.75, 3.05) is 0 Å². The van der Waals surface area contributed by atoms with Gasteiger partial charge in [-0.15, -0.1) is 0 Å². The predicted octanol–water partition coefficient (Wildman–Crippen LogP) is 22.5. The molecule has 446 valence electrons.